The molecule has 21 heavy (non-hydrogen) atoms. The predicted octanol–water partition coefficient (Wildman–Crippen LogP) is 3.01. The van der Waals surface area contributed by atoms with Gasteiger partial charge in [0.2, 0.25) is 5.95 Å². The summed E-state index contributed by atoms with van der Waals surface area (Å²) in [5, 5.41) is 18.0. The first-order valence-corrected chi connectivity index (χ1v) is 6.90. The third-order valence-corrected chi connectivity index (χ3v) is 3.36. The zero-order valence-electron chi connectivity index (χ0n) is 10.7. The average Bonchev–Trinajstić information content (AvgIpc) is 2.87. The van der Waals surface area contributed by atoms with Crippen molar-refractivity contribution in [3.05, 3.63) is 62.7 Å². The van der Waals surface area contributed by atoms with Gasteiger partial charge in [-0.15, -0.1) is 5.10 Å². The number of nitrogens with one attached hydrogen (secondary N) is 1. The van der Waals surface area contributed by atoms with Crippen LogP contribution >= 0.6 is 15.9 Å². The summed E-state index contributed by atoms with van der Waals surface area (Å²) in [6.07, 6.45) is 1.82. The summed E-state index contributed by atoms with van der Waals surface area (Å²) in [6.45, 7) is 0.496. The van der Waals surface area contributed by atoms with E-state index in [0.29, 0.717) is 12.5 Å². The van der Waals surface area contributed by atoms with Crippen LogP contribution in [0.5, 0.6) is 0 Å². The molecule has 7 nitrogen and oxygen atoms in total. The molecule has 0 saturated carbocycles. The Bertz CT molecular complexity index is 800. The second kappa shape index (κ2) is 5.49. The monoisotopic (exact) mass is 347 g/mol. The Labute approximate surface area is 127 Å². The maximum absolute atomic E-state index is 10.6. The maximum Gasteiger partial charge on any atom is 0.269 e. The molecule has 2 heterocycles. The van der Waals surface area contributed by atoms with Gasteiger partial charge in [-0.1, -0.05) is 12.1 Å². The molecular formula is C13H10BrN5O2. The summed E-state index contributed by atoms with van der Waals surface area (Å²) in [5.74, 6) is 0.506. The molecule has 3 rings (SSSR count). The topological polar surface area (TPSA) is 85.4 Å². The SMILES string of the molecule is O=[N+]([O-])c1ccc(CNc2nc3ccc(Br)cn3n2)cc1. The van der Waals surface area contributed by atoms with Gasteiger partial charge in [0.15, 0.2) is 5.65 Å². The summed E-state index contributed by atoms with van der Waals surface area (Å²) < 4.78 is 2.59. The third-order valence-electron chi connectivity index (χ3n) is 2.89. The molecule has 8 heteroatoms. The highest BCUT2D eigenvalue weighted by Crippen LogP contribution is 2.14. The minimum Gasteiger partial charge on any atom is -0.349 e. The molecule has 0 radical (unpaired) electrons. The lowest BCUT2D eigenvalue weighted by Gasteiger charge is -2.01. The van der Waals surface area contributed by atoms with E-state index in [1.807, 2.05) is 18.3 Å². The van der Waals surface area contributed by atoms with Crippen molar-refractivity contribution < 1.29 is 4.92 Å². The first-order chi connectivity index (χ1) is 10.1. The van der Waals surface area contributed by atoms with Crippen molar-refractivity contribution >= 4 is 33.2 Å². The van der Waals surface area contributed by atoms with Crippen LogP contribution in [0, 0.1) is 10.1 Å². The molecule has 0 aliphatic heterocycles. The number of anilines is 1. The number of rotatable bonds is 4. The fourth-order valence-electron chi connectivity index (χ4n) is 1.85. The van der Waals surface area contributed by atoms with Gasteiger partial charge in [-0.05, 0) is 33.6 Å². The van der Waals surface area contributed by atoms with E-state index in [4.69, 9.17) is 0 Å². The van der Waals surface area contributed by atoms with Gasteiger partial charge in [0.05, 0.1) is 4.92 Å². The molecule has 3 aromatic rings. The highest BCUT2D eigenvalue weighted by Gasteiger charge is 2.06. The molecule has 0 bridgehead atoms. The summed E-state index contributed by atoms with van der Waals surface area (Å²) in [4.78, 5) is 14.5. The van der Waals surface area contributed by atoms with Crippen LogP contribution in [0.2, 0.25) is 0 Å². The molecule has 2 aromatic heterocycles. The van der Waals surface area contributed by atoms with E-state index in [2.05, 4.69) is 31.3 Å². The summed E-state index contributed by atoms with van der Waals surface area (Å²) in [5.41, 5.74) is 1.74. The first-order valence-electron chi connectivity index (χ1n) is 6.11. The second-order valence-corrected chi connectivity index (χ2v) is 5.28. The minimum atomic E-state index is -0.418. The van der Waals surface area contributed by atoms with E-state index in [9.17, 15) is 10.1 Å². The van der Waals surface area contributed by atoms with Gasteiger partial charge in [0, 0.05) is 29.3 Å². The van der Waals surface area contributed by atoms with Crippen molar-refractivity contribution in [3.63, 3.8) is 0 Å². The number of non-ortho nitro benzene ring substituents is 1. The van der Waals surface area contributed by atoms with Crippen molar-refractivity contribution in [2.45, 2.75) is 6.54 Å². The molecule has 0 atom stereocenters. The molecule has 0 saturated heterocycles. The molecule has 1 aromatic carbocycles. The normalized spacial score (nSPS) is 10.7. The number of hydrogen-bond acceptors (Lipinski definition) is 5. The van der Waals surface area contributed by atoms with Crippen molar-refractivity contribution in [1.82, 2.24) is 14.6 Å². The van der Waals surface area contributed by atoms with Crippen LogP contribution < -0.4 is 5.32 Å². The van der Waals surface area contributed by atoms with Crippen LogP contribution in [0.3, 0.4) is 0 Å². The van der Waals surface area contributed by atoms with E-state index in [1.54, 1.807) is 16.6 Å². The Morgan fingerprint density at radius 1 is 1.24 bits per heavy atom. The van der Waals surface area contributed by atoms with Crippen LogP contribution in [0.25, 0.3) is 5.65 Å². The summed E-state index contributed by atoms with van der Waals surface area (Å²) in [6, 6.07) is 10.1. The zero-order valence-corrected chi connectivity index (χ0v) is 12.3. The van der Waals surface area contributed by atoms with E-state index in [-0.39, 0.29) is 5.69 Å². The zero-order chi connectivity index (χ0) is 14.8. The van der Waals surface area contributed by atoms with Crippen LogP contribution in [-0.2, 0) is 6.54 Å². The van der Waals surface area contributed by atoms with Crippen molar-refractivity contribution in [2.75, 3.05) is 5.32 Å². The minimum absolute atomic E-state index is 0.0782. The number of nitro benzene ring substituents is 1. The second-order valence-electron chi connectivity index (χ2n) is 4.36. The van der Waals surface area contributed by atoms with Gasteiger partial charge >= 0.3 is 0 Å². The van der Waals surface area contributed by atoms with Crippen molar-refractivity contribution in [3.8, 4) is 0 Å². The molecule has 0 unspecified atom stereocenters. The number of pyridine rings is 1. The highest BCUT2D eigenvalue weighted by molar-refractivity contribution is 9.10. The lowest BCUT2D eigenvalue weighted by atomic mass is 10.2. The lowest BCUT2D eigenvalue weighted by molar-refractivity contribution is -0.384. The fourth-order valence-corrected chi connectivity index (χ4v) is 2.18. The maximum atomic E-state index is 10.6. The number of nitro groups is 1. The molecular weight excluding hydrogens is 338 g/mol. The lowest BCUT2D eigenvalue weighted by Crippen LogP contribution is -2.01. The summed E-state index contributed by atoms with van der Waals surface area (Å²) >= 11 is 3.37. The Morgan fingerprint density at radius 3 is 2.71 bits per heavy atom. The van der Waals surface area contributed by atoms with Gasteiger partial charge in [-0.25, -0.2) is 4.52 Å². The number of benzene rings is 1. The average molecular weight is 348 g/mol. The Hall–Kier alpha value is -2.48. The smallest absolute Gasteiger partial charge is 0.269 e. The van der Waals surface area contributed by atoms with Gasteiger partial charge in [0.1, 0.15) is 0 Å². The molecule has 0 aliphatic carbocycles. The van der Waals surface area contributed by atoms with E-state index < -0.39 is 4.92 Å². The Kier molecular flexibility index (Phi) is 3.53. The van der Waals surface area contributed by atoms with Gasteiger partial charge in [-0.2, -0.15) is 4.98 Å². The fraction of sp³-hybridized carbons (Fsp3) is 0.0769. The van der Waals surface area contributed by atoms with E-state index in [1.165, 1.54) is 12.1 Å². The molecule has 0 amide bonds. The predicted molar refractivity (Wildman–Crippen MR) is 81.1 cm³/mol. The van der Waals surface area contributed by atoms with Crippen LogP contribution in [0.1, 0.15) is 5.56 Å². The third kappa shape index (κ3) is 3.00. The number of fused-ring (bicyclic) bond motifs is 1. The number of aromatic nitrogens is 3. The number of halogens is 1. The first kappa shape index (κ1) is 13.5. The van der Waals surface area contributed by atoms with Gasteiger partial charge < -0.3 is 5.32 Å². The number of nitrogens with zero attached hydrogens (tertiary/aromatic N) is 4. The molecule has 0 fully saturated rings. The van der Waals surface area contributed by atoms with E-state index in [0.717, 1.165) is 15.7 Å². The van der Waals surface area contributed by atoms with Crippen molar-refractivity contribution in [1.29, 1.82) is 0 Å². The van der Waals surface area contributed by atoms with Crippen LogP contribution in [0.15, 0.2) is 47.1 Å². The van der Waals surface area contributed by atoms with Crippen LogP contribution in [0.4, 0.5) is 11.6 Å². The Morgan fingerprint density at radius 2 is 2.00 bits per heavy atom. The summed E-state index contributed by atoms with van der Waals surface area (Å²) in [7, 11) is 0. The molecule has 0 spiro atoms. The standard InChI is InChI=1S/C13H10BrN5O2/c14-10-3-6-12-16-13(17-18(12)8-10)15-7-9-1-4-11(5-2-9)19(20)21/h1-6,8H,7H2,(H,15,17). The van der Waals surface area contributed by atoms with Crippen molar-refractivity contribution in [2.24, 2.45) is 0 Å². The van der Waals surface area contributed by atoms with Gasteiger partial charge in [-0.3, -0.25) is 10.1 Å². The molecule has 106 valence electrons. The molecule has 1 N–H and O–H groups in total. The Balaban J connectivity index is 1.72. The highest BCUT2D eigenvalue weighted by atomic mass is 79.9. The number of hydrogen-bond donors (Lipinski definition) is 1. The van der Waals surface area contributed by atoms with Crippen LogP contribution in [-0.4, -0.2) is 19.5 Å². The largest absolute Gasteiger partial charge is 0.349 e. The van der Waals surface area contributed by atoms with Gasteiger partial charge in [0.25, 0.3) is 5.69 Å². The quantitative estimate of drug-likeness (QED) is 0.579. The molecule has 0 aliphatic rings. The van der Waals surface area contributed by atoms with E-state index >= 15 is 0 Å².